The van der Waals surface area contributed by atoms with Crippen LogP contribution in [0.5, 0.6) is 11.5 Å². The third-order valence-corrected chi connectivity index (χ3v) is 5.51. The summed E-state index contributed by atoms with van der Waals surface area (Å²) in [5, 5.41) is 4.00. The molecule has 4 rings (SSSR count). The van der Waals surface area contributed by atoms with Crippen LogP contribution >= 0.6 is 0 Å². The van der Waals surface area contributed by atoms with E-state index < -0.39 is 11.7 Å². The molecule has 0 N–H and O–H groups in total. The van der Waals surface area contributed by atoms with Crippen LogP contribution in [0.2, 0.25) is 0 Å². The van der Waals surface area contributed by atoms with E-state index in [2.05, 4.69) is 10.1 Å². The van der Waals surface area contributed by atoms with Crippen molar-refractivity contribution < 1.29 is 32.0 Å². The summed E-state index contributed by atoms with van der Waals surface area (Å²) >= 11 is 0. The van der Waals surface area contributed by atoms with Crippen molar-refractivity contribution in [2.24, 2.45) is 0 Å². The highest BCUT2D eigenvalue weighted by atomic mass is 19.4. The lowest BCUT2D eigenvalue weighted by Crippen LogP contribution is -2.39. The Labute approximate surface area is 188 Å². The van der Waals surface area contributed by atoms with Gasteiger partial charge in [0.1, 0.15) is 0 Å². The Hall–Kier alpha value is -3.56. The molecule has 1 aliphatic rings. The number of nitrogens with zero attached hydrogens (tertiary/aromatic N) is 3. The van der Waals surface area contributed by atoms with Crippen LogP contribution in [-0.4, -0.2) is 40.3 Å². The molecule has 10 heteroatoms. The van der Waals surface area contributed by atoms with Crippen LogP contribution in [0.1, 0.15) is 42.1 Å². The summed E-state index contributed by atoms with van der Waals surface area (Å²) in [7, 11) is 0. The second kappa shape index (κ2) is 9.13. The first-order valence-corrected chi connectivity index (χ1v) is 10.5. The summed E-state index contributed by atoms with van der Waals surface area (Å²) < 4.78 is 54.5. The van der Waals surface area contributed by atoms with Gasteiger partial charge in [0.05, 0.1) is 5.56 Å². The number of aromatic nitrogens is 2. The molecule has 1 aromatic heterocycles. The Morgan fingerprint density at radius 2 is 1.85 bits per heavy atom. The fourth-order valence-electron chi connectivity index (χ4n) is 3.44. The number of amides is 1. The van der Waals surface area contributed by atoms with Gasteiger partial charge >= 0.3 is 6.18 Å². The third kappa shape index (κ3) is 4.94. The predicted molar refractivity (Wildman–Crippen MR) is 112 cm³/mol. The maximum atomic E-state index is 13.0. The molecule has 1 aliphatic heterocycles. The average molecular weight is 461 g/mol. The van der Waals surface area contributed by atoms with Gasteiger partial charge in [-0.3, -0.25) is 4.79 Å². The van der Waals surface area contributed by atoms with E-state index in [0.717, 1.165) is 12.1 Å². The van der Waals surface area contributed by atoms with E-state index in [-0.39, 0.29) is 30.9 Å². The van der Waals surface area contributed by atoms with Gasteiger partial charge in [0.25, 0.3) is 5.91 Å². The van der Waals surface area contributed by atoms with Crippen molar-refractivity contribution in [2.45, 2.75) is 38.9 Å². The summed E-state index contributed by atoms with van der Waals surface area (Å²) in [5.74, 6) is 1.62. The maximum absolute atomic E-state index is 13.0. The summed E-state index contributed by atoms with van der Waals surface area (Å²) in [6.07, 6.45) is -3.47. The molecule has 1 amide bonds. The SMILES string of the molecule is CC[C@@H](C)N(CCc1nc(-c2ccc3c(c2)OCO3)no1)C(=O)c1ccc(C(F)(F)F)cc1. The zero-order valence-electron chi connectivity index (χ0n) is 18.1. The van der Waals surface area contributed by atoms with E-state index in [0.29, 0.717) is 41.6 Å². The monoisotopic (exact) mass is 461 g/mol. The molecule has 7 nitrogen and oxygen atoms in total. The van der Waals surface area contributed by atoms with Crippen molar-refractivity contribution in [1.29, 1.82) is 0 Å². The predicted octanol–water partition coefficient (Wildman–Crippen LogP) is 4.97. The molecular weight excluding hydrogens is 439 g/mol. The summed E-state index contributed by atoms with van der Waals surface area (Å²) in [6.45, 7) is 4.25. The van der Waals surface area contributed by atoms with Crippen molar-refractivity contribution in [3.63, 3.8) is 0 Å². The molecule has 2 heterocycles. The number of hydrogen-bond acceptors (Lipinski definition) is 6. The summed E-state index contributed by atoms with van der Waals surface area (Å²) in [6, 6.07) is 9.42. The highest BCUT2D eigenvalue weighted by Crippen LogP contribution is 2.35. The molecule has 0 radical (unpaired) electrons. The number of alkyl halides is 3. The molecule has 174 valence electrons. The molecular formula is C23H22F3N3O4. The minimum atomic E-state index is -4.45. The van der Waals surface area contributed by atoms with E-state index in [1.54, 1.807) is 23.1 Å². The number of rotatable bonds is 7. The molecule has 33 heavy (non-hydrogen) atoms. The number of halogens is 3. The average Bonchev–Trinajstić information content (AvgIpc) is 3.47. The van der Waals surface area contributed by atoms with Gasteiger partial charge < -0.3 is 18.9 Å². The van der Waals surface area contributed by atoms with Crippen LogP contribution in [0, 0.1) is 0 Å². The van der Waals surface area contributed by atoms with Crippen molar-refractivity contribution in [1.82, 2.24) is 15.0 Å². The molecule has 0 aliphatic carbocycles. The molecule has 0 spiro atoms. The van der Waals surface area contributed by atoms with E-state index >= 15 is 0 Å². The van der Waals surface area contributed by atoms with Gasteiger partial charge in [-0.15, -0.1) is 0 Å². The third-order valence-electron chi connectivity index (χ3n) is 5.51. The van der Waals surface area contributed by atoms with Gasteiger partial charge in [0.2, 0.25) is 18.5 Å². The van der Waals surface area contributed by atoms with E-state index in [1.807, 2.05) is 13.8 Å². The minimum Gasteiger partial charge on any atom is -0.454 e. The number of benzene rings is 2. The highest BCUT2D eigenvalue weighted by Gasteiger charge is 2.31. The van der Waals surface area contributed by atoms with E-state index in [4.69, 9.17) is 14.0 Å². The van der Waals surface area contributed by atoms with Crippen LogP contribution < -0.4 is 9.47 Å². The van der Waals surface area contributed by atoms with Crippen molar-refractivity contribution in [3.05, 3.63) is 59.5 Å². The first-order valence-electron chi connectivity index (χ1n) is 10.5. The fourth-order valence-corrected chi connectivity index (χ4v) is 3.44. The number of ether oxygens (including phenoxy) is 2. The molecule has 0 bridgehead atoms. The molecule has 0 fully saturated rings. The maximum Gasteiger partial charge on any atom is 0.416 e. The van der Waals surface area contributed by atoms with Crippen LogP contribution in [0.4, 0.5) is 13.2 Å². The first kappa shape index (κ1) is 22.6. The molecule has 1 atom stereocenters. The zero-order chi connectivity index (χ0) is 23.6. The molecule has 3 aromatic rings. The highest BCUT2D eigenvalue weighted by molar-refractivity contribution is 5.94. The Morgan fingerprint density at radius 3 is 2.55 bits per heavy atom. The lowest BCUT2D eigenvalue weighted by Gasteiger charge is -2.28. The Balaban J connectivity index is 1.46. The Bertz CT molecular complexity index is 1130. The lowest BCUT2D eigenvalue weighted by molar-refractivity contribution is -0.137. The van der Waals surface area contributed by atoms with Gasteiger partial charge in [-0.1, -0.05) is 12.1 Å². The molecule has 2 aromatic carbocycles. The van der Waals surface area contributed by atoms with Crippen LogP contribution in [0.3, 0.4) is 0 Å². The van der Waals surface area contributed by atoms with Crippen LogP contribution in [0.15, 0.2) is 47.0 Å². The number of hydrogen-bond donors (Lipinski definition) is 0. The summed E-state index contributed by atoms with van der Waals surface area (Å²) in [4.78, 5) is 19.0. The van der Waals surface area contributed by atoms with Gasteiger partial charge in [0.15, 0.2) is 11.5 Å². The quantitative estimate of drug-likeness (QED) is 0.495. The largest absolute Gasteiger partial charge is 0.454 e. The first-order chi connectivity index (χ1) is 15.8. The zero-order valence-corrected chi connectivity index (χ0v) is 18.1. The normalized spacial score (nSPS) is 13.7. The van der Waals surface area contributed by atoms with Crippen molar-refractivity contribution >= 4 is 5.91 Å². The molecule has 0 saturated carbocycles. The Morgan fingerprint density at radius 1 is 1.12 bits per heavy atom. The second-order valence-electron chi connectivity index (χ2n) is 7.66. The smallest absolute Gasteiger partial charge is 0.416 e. The molecule has 0 unspecified atom stereocenters. The van der Waals surface area contributed by atoms with Gasteiger partial charge in [-0.2, -0.15) is 18.2 Å². The second-order valence-corrected chi connectivity index (χ2v) is 7.66. The Kier molecular flexibility index (Phi) is 6.26. The minimum absolute atomic E-state index is 0.129. The standard InChI is InChI=1S/C23H22F3N3O4/c1-3-14(2)29(22(30)15-4-7-17(8-5-15)23(24,25)26)11-10-20-27-21(28-33-20)16-6-9-18-19(12-16)32-13-31-18/h4-9,12,14H,3,10-11,13H2,1-2H3/t14-/m1/s1. The number of carbonyl (C=O) groups is 1. The van der Waals surface area contributed by atoms with E-state index in [1.165, 1.54) is 12.1 Å². The fraction of sp³-hybridized carbons (Fsp3) is 0.348. The number of carbonyl (C=O) groups excluding carboxylic acids is 1. The summed E-state index contributed by atoms with van der Waals surface area (Å²) in [5.41, 5.74) is 0.0970. The van der Waals surface area contributed by atoms with Gasteiger partial charge in [0, 0.05) is 30.1 Å². The van der Waals surface area contributed by atoms with Crippen molar-refractivity contribution in [2.75, 3.05) is 13.3 Å². The van der Waals surface area contributed by atoms with Crippen LogP contribution in [-0.2, 0) is 12.6 Å². The van der Waals surface area contributed by atoms with Gasteiger partial charge in [-0.05, 0) is 55.8 Å². The van der Waals surface area contributed by atoms with Gasteiger partial charge in [-0.25, -0.2) is 0 Å². The lowest BCUT2D eigenvalue weighted by atomic mass is 10.1. The number of fused-ring (bicyclic) bond motifs is 1. The topological polar surface area (TPSA) is 77.7 Å². The van der Waals surface area contributed by atoms with E-state index in [9.17, 15) is 18.0 Å². The molecule has 0 saturated heterocycles. The van der Waals surface area contributed by atoms with Crippen molar-refractivity contribution in [3.8, 4) is 22.9 Å². The van der Waals surface area contributed by atoms with Crippen LogP contribution in [0.25, 0.3) is 11.4 Å².